The van der Waals surface area contributed by atoms with Crippen molar-refractivity contribution in [2.75, 3.05) is 5.32 Å². The molecule has 0 aliphatic heterocycles. The number of rotatable bonds is 3. The fraction of sp³-hybridized carbons (Fsp3) is 0.462. The summed E-state index contributed by atoms with van der Waals surface area (Å²) in [5.74, 6) is -0.242. The molecule has 20 heavy (non-hydrogen) atoms. The smallest absolute Gasteiger partial charge is 0.274 e. The van der Waals surface area contributed by atoms with E-state index in [0.717, 1.165) is 12.8 Å². The van der Waals surface area contributed by atoms with E-state index in [-0.39, 0.29) is 23.6 Å². The van der Waals surface area contributed by atoms with E-state index in [4.69, 9.17) is 5.73 Å². The number of nitrogens with zero attached hydrogens (tertiary/aromatic N) is 1. The SMILES string of the molecule is Cc1cc(Br)c(NC(=O)C2CCC(N)C2)cc1[N+](=O)[O-]. The standard InChI is InChI=1S/C13H16BrN3O3/c1-7-4-10(14)11(6-12(7)17(19)20)16-13(18)8-2-3-9(15)5-8/h4,6,8-9H,2-3,5,15H2,1H3,(H,16,18). The van der Waals surface area contributed by atoms with Crippen molar-refractivity contribution < 1.29 is 9.72 Å². The maximum absolute atomic E-state index is 12.1. The zero-order valence-corrected chi connectivity index (χ0v) is 12.6. The highest BCUT2D eigenvalue weighted by atomic mass is 79.9. The van der Waals surface area contributed by atoms with Crippen LogP contribution in [0.1, 0.15) is 24.8 Å². The van der Waals surface area contributed by atoms with E-state index in [1.807, 2.05) is 0 Å². The molecule has 1 saturated carbocycles. The molecular weight excluding hydrogens is 326 g/mol. The lowest BCUT2D eigenvalue weighted by atomic mass is 10.1. The lowest BCUT2D eigenvalue weighted by Crippen LogP contribution is -2.23. The van der Waals surface area contributed by atoms with Crippen molar-refractivity contribution in [3.63, 3.8) is 0 Å². The summed E-state index contributed by atoms with van der Waals surface area (Å²) >= 11 is 3.32. The molecule has 3 N–H and O–H groups in total. The molecule has 108 valence electrons. The summed E-state index contributed by atoms with van der Waals surface area (Å²) in [6.07, 6.45) is 2.27. The molecule has 2 atom stereocenters. The van der Waals surface area contributed by atoms with Gasteiger partial charge in [0.15, 0.2) is 0 Å². The Hall–Kier alpha value is -1.47. The van der Waals surface area contributed by atoms with E-state index in [1.165, 1.54) is 6.07 Å². The fourth-order valence-electron chi connectivity index (χ4n) is 2.44. The van der Waals surface area contributed by atoms with E-state index in [9.17, 15) is 14.9 Å². The van der Waals surface area contributed by atoms with E-state index >= 15 is 0 Å². The van der Waals surface area contributed by atoms with Gasteiger partial charge in [0.25, 0.3) is 5.69 Å². The minimum Gasteiger partial charge on any atom is -0.328 e. The number of nitrogens with two attached hydrogens (primary N) is 1. The Kier molecular flexibility index (Phi) is 4.39. The zero-order chi connectivity index (χ0) is 14.9. The van der Waals surface area contributed by atoms with Gasteiger partial charge in [0.05, 0.1) is 10.6 Å². The molecule has 1 aromatic rings. The van der Waals surface area contributed by atoms with Crippen LogP contribution >= 0.6 is 15.9 Å². The van der Waals surface area contributed by atoms with Gasteiger partial charge >= 0.3 is 0 Å². The number of nitro groups is 1. The summed E-state index contributed by atoms with van der Waals surface area (Å²) < 4.78 is 0.635. The van der Waals surface area contributed by atoms with Gasteiger partial charge in [-0.05, 0) is 48.2 Å². The molecule has 7 heteroatoms. The number of carbonyl (C=O) groups excluding carboxylic acids is 1. The van der Waals surface area contributed by atoms with Crippen LogP contribution in [0.25, 0.3) is 0 Å². The van der Waals surface area contributed by atoms with Crippen LogP contribution in [0.3, 0.4) is 0 Å². The van der Waals surface area contributed by atoms with Gasteiger partial charge in [0, 0.05) is 28.1 Å². The number of anilines is 1. The van der Waals surface area contributed by atoms with Gasteiger partial charge in [-0.15, -0.1) is 0 Å². The predicted molar refractivity (Wildman–Crippen MR) is 79.5 cm³/mol. The largest absolute Gasteiger partial charge is 0.328 e. The molecule has 1 aliphatic rings. The molecule has 0 radical (unpaired) electrons. The third-order valence-corrected chi connectivity index (χ3v) is 4.24. The molecule has 0 spiro atoms. The molecule has 1 aliphatic carbocycles. The van der Waals surface area contributed by atoms with Crippen molar-refractivity contribution >= 4 is 33.2 Å². The van der Waals surface area contributed by atoms with Gasteiger partial charge < -0.3 is 11.1 Å². The van der Waals surface area contributed by atoms with Crippen LogP contribution in [0.15, 0.2) is 16.6 Å². The first-order valence-corrected chi connectivity index (χ1v) is 7.18. The van der Waals surface area contributed by atoms with Crippen molar-refractivity contribution in [3.8, 4) is 0 Å². The summed E-state index contributed by atoms with van der Waals surface area (Å²) in [7, 11) is 0. The highest BCUT2D eigenvalue weighted by molar-refractivity contribution is 9.10. The number of nitrogens with one attached hydrogen (secondary N) is 1. The Labute approximate surface area is 125 Å². The van der Waals surface area contributed by atoms with E-state index in [2.05, 4.69) is 21.2 Å². The van der Waals surface area contributed by atoms with Crippen molar-refractivity contribution in [1.82, 2.24) is 0 Å². The second-order valence-corrected chi connectivity index (χ2v) is 5.99. The molecular formula is C13H16BrN3O3. The Balaban J connectivity index is 2.18. The van der Waals surface area contributed by atoms with Crippen molar-refractivity contribution in [3.05, 3.63) is 32.3 Å². The molecule has 0 bridgehead atoms. The van der Waals surface area contributed by atoms with Gasteiger partial charge in [-0.1, -0.05) is 0 Å². The third kappa shape index (κ3) is 3.16. The minimum absolute atomic E-state index is 0.00776. The predicted octanol–water partition coefficient (Wildman–Crippen LogP) is 2.73. The van der Waals surface area contributed by atoms with Gasteiger partial charge in [0.1, 0.15) is 0 Å². The van der Waals surface area contributed by atoms with Crippen LogP contribution in [0.5, 0.6) is 0 Å². The molecule has 1 fully saturated rings. The Bertz CT molecular complexity index is 562. The molecule has 1 aromatic carbocycles. The number of benzene rings is 1. The second kappa shape index (κ2) is 5.88. The average molecular weight is 342 g/mol. The number of hydrogen-bond donors (Lipinski definition) is 2. The number of carbonyl (C=O) groups is 1. The molecule has 0 saturated heterocycles. The van der Waals surface area contributed by atoms with E-state index in [0.29, 0.717) is 22.1 Å². The lowest BCUT2D eigenvalue weighted by Gasteiger charge is -2.12. The number of halogens is 1. The summed E-state index contributed by atoms with van der Waals surface area (Å²) in [6.45, 7) is 1.66. The molecule has 0 aromatic heterocycles. The van der Waals surface area contributed by atoms with Crippen molar-refractivity contribution in [1.29, 1.82) is 0 Å². The quantitative estimate of drug-likeness (QED) is 0.652. The van der Waals surface area contributed by atoms with E-state index < -0.39 is 4.92 Å². The first-order chi connectivity index (χ1) is 9.38. The summed E-state index contributed by atoms with van der Waals surface area (Å²) in [5, 5.41) is 13.7. The number of nitro benzene ring substituents is 1. The van der Waals surface area contributed by atoms with Crippen LogP contribution in [0.4, 0.5) is 11.4 Å². The normalized spacial score (nSPS) is 21.8. The van der Waals surface area contributed by atoms with Gasteiger partial charge in [0.2, 0.25) is 5.91 Å². The topological polar surface area (TPSA) is 98.3 Å². The molecule has 2 rings (SSSR count). The van der Waals surface area contributed by atoms with Gasteiger partial charge in [-0.2, -0.15) is 0 Å². The van der Waals surface area contributed by atoms with Crippen LogP contribution in [-0.2, 0) is 4.79 Å². The maximum Gasteiger partial charge on any atom is 0.274 e. The summed E-state index contributed by atoms with van der Waals surface area (Å²) in [6, 6.07) is 3.09. The van der Waals surface area contributed by atoms with Crippen molar-refractivity contribution in [2.24, 2.45) is 11.7 Å². The van der Waals surface area contributed by atoms with Crippen molar-refractivity contribution in [2.45, 2.75) is 32.2 Å². The third-order valence-electron chi connectivity index (χ3n) is 3.58. The van der Waals surface area contributed by atoms with Gasteiger partial charge in [-0.3, -0.25) is 14.9 Å². The number of hydrogen-bond acceptors (Lipinski definition) is 4. The Morgan fingerprint density at radius 2 is 2.20 bits per heavy atom. The highest BCUT2D eigenvalue weighted by Gasteiger charge is 2.28. The second-order valence-electron chi connectivity index (χ2n) is 5.13. The number of aryl methyl sites for hydroxylation is 1. The minimum atomic E-state index is -0.455. The fourth-order valence-corrected chi connectivity index (χ4v) is 3.00. The lowest BCUT2D eigenvalue weighted by molar-refractivity contribution is -0.385. The van der Waals surface area contributed by atoms with Crippen LogP contribution in [-0.4, -0.2) is 16.9 Å². The Morgan fingerprint density at radius 1 is 1.50 bits per heavy atom. The molecule has 0 heterocycles. The highest BCUT2D eigenvalue weighted by Crippen LogP contribution is 2.32. The van der Waals surface area contributed by atoms with Crippen LogP contribution in [0, 0.1) is 23.0 Å². The first-order valence-electron chi connectivity index (χ1n) is 6.39. The van der Waals surface area contributed by atoms with Crippen LogP contribution in [0.2, 0.25) is 0 Å². The monoisotopic (exact) mass is 341 g/mol. The Morgan fingerprint density at radius 3 is 2.75 bits per heavy atom. The summed E-state index contributed by atoms with van der Waals surface area (Å²) in [5.41, 5.74) is 6.75. The molecule has 6 nitrogen and oxygen atoms in total. The molecule has 1 amide bonds. The molecule has 2 unspecified atom stereocenters. The average Bonchev–Trinajstić information content (AvgIpc) is 2.79. The van der Waals surface area contributed by atoms with E-state index in [1.54, 1.807) is 13.0 Å². The van der Waals surface area contributed by atoms with Crippen LogP contribution < -0.4 is 11.1 Å². The first kappa shape index (κ1) is 14.9. The number of amides is 1. The zero-order valence-electron chi connectivity index (χ0n) is 11.1. The summed E-state index contributed by atoms with van der Waals surface area (Å²) in [4.78, 5) is 22.6. The van der Waals surface area contributed by atoms with Gasteiger partial charge in [-0.25, -0.2) is 0 Å². The maximum atomic E-state index is 12.1.